The van der Waals surface area contributed by atoms with Crippen molar-refractivity contribution in [3.05, 3.63) is 0 Å². The Morgan fingerprint density at radius 3 is 1.04 bits per heavy atom. The molecule has 0 fully saturated rings. The molecule has 0 saturated carbocycles. The molecule has 2 unspecified atom stereocenters. The molecule has 2 heteroatoms. The maximum atomic E-state index is 9.18. The average molecular weight is 343 g/mol. The molecule has 0 heterocycles. The van der Waals surface area contributed by atoms with Crippen molar-refractivity contribution >= 4 is 0 Å². The number of rotatable bonds is 11. The van der Waals surface area contributed by atoms with E-state index in [2.05, 4.69) is 55.4 Å². The Kier molecular flexibility index (Phi) is 10.8. The second kappa shape index (κ2) is 10.8. The third-order valence-electron chi connectivity index (χ3n) is 5.90. The van der Waals surface area contributed by atoms with Gasteiger partial charge in [0, 0.05) is 13.2 Å². The molecular formula is C22H46O2. The monoisotopic (exact) mass is 342 g/mol. The van der Waals surface area contributed by atoms with Crippen LogP contribution in [-0.4, -0.2) is 23.4 Å². The maximum absolute atomic E-state index is 9.18. The predicted molar refractivity (Wildman–Crippen MR) is 106 cm³/mol. The van der Waals surface area contributed by atoms with Gasteiger partial charge >= 0.3 is 0 Å². The van der Waals surface area contributed by atoms with E-state index in [-0.39, 0.29) is 0 Å². The molecule has 0 aromatic carbocycles. The van der Waals surface area contributed by atoms with Crippen molar-refractivity contribution in [1.82, 2.24) is 0 Å². The fourth-order valence-electron chi connectivity index (χ4n) is 4.13. The SMILES string of the molecule is C[C@@H](CCO)CCC(C(CC[C@@H](C)CCO)C(C)(C)C)C(C)(C)C. The Bertz CT molecular complexity index is 279. The van der Waals surface area contributed by atoms with E-state index in [1.54, 1.807) is 0 Å². The van der Waals surface area contributed by atoms with Crippen LogP contribution >= 0.6 is 0 Å². The van der Waals surface area contributed by atoms with E-state index >= 15 is 0 Å². The summed E-state index contributed by atoms with van der Waals surface area (Å²) in [6.45, 7) is 19.5. The standard InChI is InChI=1S/C22H46O2/c1-17(13-15-23)9-11-19(21(3,4)5)20(22(6,7)8)12-10-18(2)14-16-24/h17-20,23-24H,9-16H2,1-8H3/t17-,18-,19?,20?/m1/s1. The minimum Gasteiger partial charge on any atom is -0.396 e. The molecule has 0 aliphatic rings. The Morgan fingerprint density at radius 2 is 0.833 bits per heavy atom. The third-order valence-corrected chi connectivity index (χ3v) is 5.90. The summed E-state index contributed by atoms with van der Waals surface area (Å²) in [6, 6.07) is 0. The van der Waals surface area contributed by atoms with Gasteiger partial charge in [-0.2, -0.15) is 0 Å². The van der Waals surface area contributed by atoms with Crippen LogP contribution in [0.2, 0.25) is 0 Å². The van der Waals surface area contributed by atoms with Crippen LogP contribution in [0.25, 0.3) is 0 Å². The number of aliphatic hydroxyl groups excluding tert-OH is 2. The van der Waals surface area contributed by atoms with Crippen LogP contribution in [0.3, 0.4) is 0 Å². The molecule has 0 saturated heterocycles. The van der Waals surface area contributed by atoms with Gasteiger partial charge in [-0.1, -0.05) is 68.2 Å². The van der Waals surface area contributed by atoms with E-state index in [4.69, 9.17) is 0 Å². The molecule has 24 heavy (non-hydrogen) atoms. The molecule has 0 bridgehead atoms. The van der Waals surface area contributed by atoms with E-state index in [0.29, 0.717) is 47.7 Å². The molecule has 0 amide bonds. The highest BCUT2D eigenvalue weighted by molar-refractivity contribution is 4.87. The van der Waals surface area contributed by atoms with Crippen molar-refractivity contribution in [2.75, 3.05) is 13.2 Å². The van der Waals surface area contributed by atoms with Gasteiger partial charge in [-0.25, -0.2) is 0 Å². The first-order valence-electron chi connectivity index (χ1n) is 10.1. The van der Waals surface area contributed by atoms with E-state index < -0.39 is 0 Å². The summed E-state index contributed by atoms with van der Waals surface area (Å²) in [4.78, 5) is 0. The molecule has 0 aliphatic heterocycles. The van der Waals surface area contributed by atoms with Crippen molar-refractivity contribution in [3.63, 3.8) is 0 Å². The summed E-state index contributed by atoms with van der Waals surface area (Å²) >= 11 is 0. The lowest BCUT2D eigenvalue weighted by Crippen LogP contribution is -2.36. The van der Waals surface area contributed by atoms with Gasteiger partial charge in [-0.15, -0.1) is 0 Å². The van der Waals surface area contributed by atoms with Gasteiger partial charge in [0.25, 0.3) is 0 Å². The molecule has 146 valence electrons. The van der Waals surface area contributed by atoms with Gasteiger partial charge < -0.3 is 10.2 Å². The van der Waals surface area contributed by atoms with Crippen molar-refractivity contribution in [3.8, 4) is 0 Å². The van der Waals surface area contributed by atoms with E-state index in [9.17, 15) is 10.2 Å². The lowest BCUT2D eigenvalue weighted by Gasteiger charge is -2.45. The summed E-state index contributed by atoms with van der Waals surface area (Å²) in [5.41, 5.74) is 0.605. The Labute approximate surface area is 152 Å². The molecule has 0 spiro atoms. The Hall–Kier alpha value is -0.0800. The summed E-state index contributed by atoms with van der Waals surface area (Å²) in [6.07, 6.45) is 6.76. The topological polar surface area (TPSA) is 40.5 Å². The van der Waals surface area contributed by atoms with Gasteiger partial charge in [0.05, 0.1) is 0 Å². The first-order chi connectivity index (χ1) is 10.9. The average Bonchev–Trinajstić information content (AvgIpc) is 2.40. The molecule has 0 aromatic heterocycles. The molecule has 0 aliphatic carbocycles. The van der Waals surface area contributed by atoms with Crippen molar-refractivity contribution in [2.24, 2.45) is 34.5 Å². The Balaban J connectivity index is 5.08. The summed E-state index contributed by atoms with van der Waals surface area (Å²) in [5, 5.41) is 18.4. The van der Waals surface area contributed by atoms with Gasteiger partial charge in [-0.3, -0.25) is 0 Å². The zero-order chi connectivity index (χ0) is 19.0. The second-order valence-corrected chi connectivity index (χ2v) is 10.3. The van der Waals surface area contributed by atoms with Gasteiger partial charge in [-0.05, 0) is 60.2 Å². The van der Waals surface area contributed by atoms with E-state index in [1.165, 1.54) is 25.7 Å². The highest BCUT2D eigenvalue weighted by Crippen LogP contribution is 2.47. The molecule has 0 radical (unpaired) electrons. The number of hydrogen-bond donors (Lipinski definition) is 2. The number of aliphatic hydroxyl groups is 2. The zero-order valence-corrected chi connectivity index (χ0v) is 17.9. The summed E-state index contributed by atoms with van der Waals surface area (Å²) in [5.74, 6) is 2.60. The fraction of sp³-hybridized carbons (Fsp3) is 1.00. The van der Waals surface area contributed by atoms with Crippen LogP contribution < -0.4 is 0 Å². The van der Waals surface area contributed by atoms with Gasteiger partial charge in [0.15, 0.2) is 0 Å². The molecular weight excluding hydrogens is 296 g/mol. The van der Waals surface area contributed by atoms with Crippen molar-refractivity contribution in [2.45, 2.75) is 93.9 Å². The highest BCUT2D eigenvalue weighted by Gasteiger charge is 2.38. The van der Waals surface area contributed by atoms with E-state index in [1.807, 2.05) is 0 Å². The van der Waals surface area contributed by atoms with Crippen LogP contribution in [0.4, 0.5) is 0 Å². The van der Waals surface area contributed by atoms with Crippen LogP contribution in [0.1, 0.15) is 93.9 Å². The lowest BCUT2D eigenvalue weighted by atomic mass is 9.60. The minimum atomic E-state index is 0.303. The maximum Gasteiger partial charge on any atom is 0.0433 e. The van der Waals surface area contributed by atoms with E-state index in [0.717, 1.165) is 12.8 Å². The van der Waals surface area contributed by atoms with Crippen molar-refractivity contribution in [1.29, 1.82) is 0 Å². The molecule has 0 rings (SSSR count). The highest BCUT2D eigenvalue weighted by atomic mass is 16.3. The van der Waals surface area contributed by atoms with Gasteiger partial charge in [0.1, 0.15) is 0 Å². The Morgan fingerprint density at radius 1 is 0.542 bits per heavy atom. The second-order valence-electron chi connectivity index (χ2n) is 10.3. The molecule has 2 N–H and O–H groups in total. The zero-order valence-electron chi connectivity index (χ0n) is 17.9. The largest absolute Gasteiger partial charge is 0.396 e. The van der Waals surface area contributed by atoms with Crippen LogP contribution in [0.5, 0.6) is 0 Å². The number of hydrogen-bond acceptors (Lipinski definition) is 2. The van der Waals surface area contributed by atoms with Crippen LogP contribution in [0.15, 0.2) is 0 Å². The van der Waals surface area contributed by atoms with Crippen LogP contribution in [0, 0.1) is 34.5 Å². The smallest absolute Gasteiger partial charge is 0.0433 e. The third kappa shape index (κ3) is 9.42. The van der Waals surface area contributed by atoms with Crippen LogP contribution in [-0.2, 0) is 0 Å². The normalized spacial score (nSPS) is 18.2. The van der Waals surface area contributed by atoms with Crippen molar-refractivity contribution < 1.29 is 10.2 Å². The quantitative estimate of drug-likeness (QED) is 0.490. The molecule has 2 nitrogen and oxygen atoms in total. The summed E-state index contributed by atoms with van der Waals surface area (Å²) < 4.78 is 0. The summed E-state index contributed by atoms with van der Waals surface area (Å²) in [7, 11) is 0. The minimum absolute atomic E-state index is 0.303. The first kappa shape index (κ1) is 23.9. The molecule has 0 aromatic rings. The fourth-order valence-corrected chi connectivity index (χ4v) is 4.13. The predicted octanol–water partition coefficient (Wildman–Crippen LogP) is 5.91. The molecule has 4 atom stereocenters. The first-order valence-corrected chi connectivity index (χ1v) is 10.1. The van der Waals surface area contributed by atoms with Gasteiger partial charge in [0.2, 0.25) is 0 Å². The lowest BCUT2D eigenvalue weighted by molar-refractivity contribution is 0.0469.